The van der Waals surface area contributed by atoms with E-state index in [-0.39, 0.29) is 5.54 Å². The van der Waals surface area contributed by atoms with Gasteiger partial charge in [0.25, 0.3) is 0 Å². The molecule has 15 heavy (non-hydrogen) atoms. The lowest BCUT2D eigenvalue weighted by molar-refractivity contribution is 0.306. The number of hydrogen-bond acceptors (Lipinski definition) is 1. The molecule has 1 aromatic rings. The van der Waals surface area contributed by atoms with Crippen LogP contribution < -0.4 is 5.73 Å². The quantitative estimate of drug-likeness (QED) is 0.844. The van der Waals surface area contributed by atoms with Crippen LogP contribution in [-0.2, 0) is 6.42 Å². The van der Waals surface area contributed by atoms with Crippen molar-refractivity contribution < 1.29 is 0 Å². The van der Waals surface area contributed by atoms with E-state index < -0.39 is 0 Å². The highest BCUT2D eigenvalue weighted by Crippen LogP contribution is 2.22. The maximum Gasteiger partial charge on any atom is 0.0192 e. The molecular formula is C13H20IN. The van der Waals surface area contributed by atoms with Gasteiger partial charge in [0.1, 0.15) is 0 Å². The molecule has 84 valence electrons. The van der Waals surface area contributed by atoms with Gasteiger partial charge in [-0.1, -0.05) is 32.4 Å². The van der Waals surface area contributed by atoms with Crippen LogP contribution in [0.5, 0.6) is 0 Å². The van der Waals surface area contributed by atoms with Crippen LogP contribution in [-0.4, -0.2) is 5.54 Å². The Kier molecular flexibility index (Phi) is 4.59. The van der Waals surface area contributed by atoms with Gasteiger partial charge in [-0.3, -0.25) is 0 Å². The Hall–Kier alpha value is -0.0900. The molecule has 0 aromatic heterocycles. The first-order valence-electron chi connectivity index (χ1n) is 5.49. The highest BCUT2D eigenvalue weighted by Gasteiger charge is 2.25. The average molecular weight is 317 g/mol. The molecule has 0 bridgehead atoms. The summed E-state index contributed by atoms with van der Waals surface area (Å²) in [6.07, 6.45) is 2.09. The summed E-state index contributed by atoms with van der Waals surface area (Å²) in [5, 5.41) is 0. The largest absolute Gasteiger partial charge is 0.325 e. The predicted octanol–water partition coefficient (Wildman–Crippen LogP) is 3.60. The van der Waals surface area contributed by atoms with Crippen molar-refractivity contribution in [1.82, 2.24) is 0 Å². The normalized spacial score (nSPS) is 17.1. The van der Waals surface area contributed by atoms with Gasteiger partial charge in [0.15, 0.2) is 0 Å². The summed E-state index contributed by atoms with van der Waals surface area (Å²) < 4.78 is 1.28. The molecule has 0 fully saturated rings. The lowest BCUT2D eigenvalue weighted by Crippen LogP contribution is -2.44. The minimum absolute atomic E-state index is 0.0957. The van der Waals surface area contributed by atoms with Crippen LogP contribution in [0.25, 0.3) is 0 Å². The van der Waals surface area contributed by atoms with Crippen molar-refractivity contribution in [1.29, 1.82) is 0 Å². The van der Waals surface area contributed by atoms with Crippen LogP contribution in [0.2, 0.25) is 0 Å². The second-order valence-corrected chi connectivity index (χ2v) is 5.86. The molecule has 0 saturated carbocycles. The van der Waals surface area contributed by atoms with Gasteiger partial charge in [-0.2, -0.15) is 0 Å². The van der Waals surface area contributed by atoms with Crippen molar-refractivity contribution >= 4 is 22.6 Å². The molecule has 0 aliphatic carbocycles. The van der Waals surface area contributed by atoms with Crippen LogP contribution in [0.15, 0.2) is 24.3 Å². The summed E-state index contributed by atoms with van der Waals surface area (Å²) in [5.41, 5.74) is 7.58. The first-order valence-corrected chi connectivity index (χ1v) is 6.57. The van der Waals surface area contributed by atoms with E-state index in [1.165, 1.54) is 9.13 Å². The Bertz CT molecular complexity index is 303. The van der Waals surface area contributed by atoms with Crippen molar-refractivity contribution in [3.8, 4) is 0 Å². The zero-order chi connectivity index (χ0) is 11.5. The molecule has 1 aromatic carbocycles. The lowest BCUT2D eigenvalue weighted by Gasteiger charge is -2.31. The Morgan fingerprint density at radius 3 is 2.33 bits per heavy atom. The van der Waals surface area contributed by atoms with E-state index in [2.05, 4.69) is 67.6 Å². The van der Waals surface area contributed by atoms with E-state index in [0.717, 1.165) is 12.8 Å². The maximum absolute atomic E-state index is 6.34. The molecular weight excluding hydrogens is 297 g/mol. The third kappa shape index (κ3) is 3.76. The Labute approximate surface area is 107 Å². The van der Waals surface area contributed by atoms with E-state index >= 15 is 0 Å². The van der Waals surface area contributed by atoms with E-state index in [1.54, 1.807) is 0 Å². The summed E-state index contributed by atoms with van der Waals surface area (Å²) in [6.45, 7) is 6.58. The van der Waals surface area contributed by atoms with Gasteiger partial charge >= 0.3 is 0 Å². The van der Waals surface area contributed by atoms with Crippen molar-refractivity contribution in [3.05, 3.63) is 33.4 Å². The Balaban J connectivity index is 2.72. The maximum atomic E-state index is 6.34. The SMILES string of the molecule is CCC(C)C(C)(N)Cc1ccc(I)cc1. The smallest absolute Gasteiger partial charge is 0.0192 e. The zero-order valence-corrected chi connectivity index (χ0v) is 11.9. The van der Waals surface area contributed by atoms with Crippen LogP contribution in [0.4, 0.5) is 0 Å². The highest BCUT2D eigenvalue weighted by atomic mass is 127. The highest BCUT2D eigenvalue weighted by molar-refractivity contribution is 14.1. The Morgan fingerprint density at radius 1 is 1.33 bits per heavy atom. The molecule has 0 heterocycles. The topological polar surface area (TPSA) is 26.0 Å². The predicted molar refractivity (Wildman–Crippen MR) is 74.9 cm³/mol. The fourth-order valence-corrected chi connectivity index (χ4v) is 2.04. The van der Waals surface area contributed by atoms with Crippen LogP contribution in [0, 0.1) is 9.49 Å². The molecule has 2 heteroatoms. The summed E-state index contributed by atoms with van der Waals surface area (Å²) in [6, 6.07) is 8.63. The lowest BCUT2D eigenvalue weighted by atomic mass is 9.81. The van der Waals surface area contributed by atoms with Crippen molar-refractivity contribution in [2.24, 2.45) is 11.7 Å². The third-order valence-corrected chi connectivity index (χ3v) is 3.96. The second kappa shape index (κ2) is 5.30. The molecule has 0 aliphatic heterocycles. The third-order valence-electron chi connectivity index (χ3n) is 3.24. The summed E-state index contributed by atoms with van der Waals surface area (Å²) >= 11 is 2.32. The molecule has 1 nitrogen and oxygen atoms in total. The second-order valence-electron chi connectivity index (χ2n) is 4.62. The van der Waals surface area contributed by atoms with E-state index in [4.69, 9.17) is 5.73 Å². The summed E-state index contributed by atoms with van der Waals surface area (Å²) in [7, 11) is 0. The number of nitrogens with two attached hydrogens (primary N) is 1. The van der Waals surface area contributed by atoms with Crippen LogP contribution >= 0.6 is 22.6 Å². The van der Waals surface area contributed by atoms with Gasteiger partial charge < -0.3 is 5.73 Å². The van der Waals surface area contributed by atoms with E-state index in [0.29, 0.717) is 5.92 Å². The fraction of sp³-hybridized carbons (Fsp3) is 0.538. The van der Waals surface area contributed by atoms with Gasteiger partial charge in [0, 0.05) is 9.11 Å². The van der Waals surface area contributed by atoms with Gasteiger partial charge in [-0.05, 0) is 59.5 Å². The monoisotopic (exact) mass is 317 g/mol. The molecule has 2 unspecified atom stereocenters. The molecule has 0 amide bonds. The first kappa shape index (κ1) is 13.0. The summed E-state index contributed by atoms with van der Waals surface area (Å²) in [5.74, 6) is 0.553. The molecule has 0 aliphatic rings. The molecule has 2 N–H and O–H groups in total. The number of rotatable bonds is 4. The zero-order valence-electron chi connectivity index (χ0n) is 9.76. The minimum Gasteiger partial charge on any atom is -0.325 e. The standard InChI is InChI=1S/C13H20IN/c1-4-10(2)13(3,15)9-11-5-7-12(14)8-6-11/h5-8,10H,4,9,15H2,1-3H3. The molecule has 2 atom stereocenters. The number of benzene rings is 1. The molecule has 0 radical (unpaired) electrons. The fourth-order valence-electron chi connectivity index (χ4n) is 1.68. The van der Waals surface area contributed by atoms with Crippen molar-refractivity contribution in [2.45, 2.75) is 39.2 Å². The van der Waals surface area contributed by atoms with Gasteiger partial charge in [0.2, 0.25) is 0 Å². The van der Waals surface area contributed by atoms with Crippen LogP contribution in [0.1, 0.15) is 32.8 Å². The van der Waals surface area contributed by atoms with Gasteiger partial charge in [-0.25, -0.2) is 0 Å². The average Bonchev–Trinajstić information content (AvgIpc) is 2.20. The Morgan fingerprint density at radius 2 is 1.87 bits per heavy atom. The van der Waals surface area contributed by atoms with E-state index in [1.807, 2.05) is 0 Å². The van der Waals surface area contributed by atoms with Gasteiger partial charge in [0.05, 0.1) is 0 Å². The summed E-state index contributed by atoms with van der Waals surface area (Å²) in [4.78, 5) is 0. The molecule has 0 spiro atoms. The number of halogens is 1. The first-order chi connectivity index (χ1) is 6.95. The van der Waals surface area contributed by atoms with Crippen molar-refractivity contribution in [3.63, 3.8) is 0 Å². The van der Waals surface area contributed by atoms with Crippen molar-refractivity contribution in [2.75, 3.05) is 0 Å². The number of hydrogen-bond donors (Lipinski definition) is 1. The van der Waals surface area contributed by atoms with Crippen LogP contribution in [0.3, 0.4) is 0 Å². The molecule has 1 rings (SSSR count). The minimum atomic E-state index is -0.0957. The van der Waals surface area contributed by atoms with Gasteiger partial charge in [-0.15, -0.1) is 0 Å². The van der Waals surface area contributed by atoms with E-state index in [9.17, 15) is 0 Å². The molecule has 0 saturated heterocycles.